The lowest BCUT2D eigenvalue weighted by Crippen LogP contribution is -2.48. The summed E-state index contributed by atoms with van der Waals surface area (Å²) in [6.45, 7) is 1.91. The van der Waals surface area contributed by atoms with Gasteiger partial charge in [-0.15, -0.1) is 0 Å². The van der Waals surface area contributed by atoms with Crippen molar-refractivity contribution in [1.29, 1.82) is 0 Å². The Morgan fingerprint density at radius 1 is 1.02 bits per heavy atom. The molecule has 8 nitrogen and oxygen atoms in total. The summed E-state index contributed by atoms with van der Waals surface area (Å²) < 4.78 is 20.1. The number of aromatic hydroxyl groups is 1. The van der Waals surface area contributed by atoms with Crippen LogP contribution in [0.2, 0.25) is 5.02 Å². The summed E-state index contributed by atoms with van der Waals surface area (Å²) in [6.07, 6.45) is 2.46. The monoisotopic (exact) mass is 754 g/mol. The zero-order valence-corrected chi connectivity index (χ0v) is 27.8. The Morgan fingerprint density at radius 3 is 2.46 bits per heavy atom. The maximum absolute atomic E-state index is 14.6. The zero-order chi connectivity index (χ0) is 32.7. The number of carbonyl (C=O) groups is 4. The van der Waals surface area contributed by atoms with Crippen molar-refractivity contribution in [3.05, 3.63) is 97.8 Å². The number of allylic oxidation sites excluding steroid dienone is 2. The maximum atomic E-state index is 14.6. The first-order chi connectivity index (χ1) is 22.0. The first-order valence-electron chi connectivity index (χ1n) is 15.0. The molecule has 6 atom stereocenters. The highest BCUT2D eigenvalue weighted by Gasteiger charge is 2.67. The van der Waals surface area contributed by atoms with Crippen LogP contribution in [0.1, 0.15) is 36.8 Å². The number of ether oxygens (including phenoxy) is 1. The molecule has 2 aliphatic heterocycles. The second-order valence-electron chi connectivity index (χ2n) is 12.6. The lowest BCUT2D eigenvalue weighted by molar-refractivity contribution is -0.141. The molecule has 3 aromatic carbocycles. The van der Waals surface area contributed by atoms with Gasteiger partial charge in [0.1, 0.15) is 5.82 Å². The highest BCUT2D eigenvalue weighted by Crippen LogP contribution is 2.64. The Balaban J connectivity index is 1.36. The van der Waals surface area contributed by atoms with Gasteiger partial charge in [-0.1, -0.05) is 53.6 Å². The Hall–Kier alpha value is -3.77. The lowest BCUT2D eigenvalue weighted by atomic mass is 9.51. The van der Waals surface area contributed by atoms with Crippen LogP contribution < -0.4 is 9.64 Å². The summed E-state index contributed by atoms with van der Waals surface area (Å²) in [6, 6.07) is 16.5. The Kier molecular flexibility index (Phi) is 7.51. The van der Waals surface area contributed by atoms with Crippen LogP contribution >= 0.6 is 34.2 Å². The van der Waals surface area contributed by atoms with Gasteiger partial charge in [0.25, 0.3) is 0 Å². The molecule has 4 amide bonds. The number of imide groups is 2. The number of amides is 4. The number of anilines is 1. The standard InChI is InChI=1S/C35H29ClFIN2O6/c1-35-23(32(43)40(34(35)45)19-8-11-25(37)24(36)14-19)15-22-20(29(35)18-12-26(38)30(41)27(13-18)46-2)9-10-21-28(22)33(44)39(31(21)42)16-17-6-4-3-5-7-17/h3-9,11-14,21-23,28-29,41H,10,15-16H2,1-2H3/t21-,22+,23-,28-,29-,35+/m0/s1. The predicted octanol–water partition coefficient (Wildman–Crippen LogP) is 6.23. The summed E-state index contributed by atoms with van der Waals surface area (Å²) in [4.78, 5) is 59.1. The first kappa shape index (κ1) is 30.9. The Bertz CT molecular complexity index is 1870. The number of fused-ring (bicyclic) bond motifs is 4. The second kappa shape index (κ2) is 11.2. The van der Waals surface area contributed by atoms with Crippen LogP contribution in [0.4, 0.5) is 10.1 Å². The van der Waals surface area contributed by atoms with Crippen LogP contribution in [0.15, 0.2) is 72.3 Å². The molecule has 46 heavy (non-hydrogen) atoms. The van der Waals surface area contributed by atoms with Crippen molar-refractivity contribution in [3.8, 4) is 11.5 Å². The number of likely N-dealkylation sites (tertiary alicyclic amines) is 1. The minimum absolute atomic E-state index is 0.0527. The molecule has 4 aliphatic rings. The van der Waals surface area contributed by atoms with E-state index in [1.807, 2.05) is 59.0 Å². The van der Waals surface area contributed by atoms with Crippen LogP contribution in [0.3, 0.4) is 0 Å². The number of nitrogens with zero attached hydrogens (tertiary/aromatic N) is 2. The van der Waals surface area contributed by atoms with Crippen molar-refractivity contribution in [2.75, 3.05) is 12.0 Å². The minimum Gasteiger partial charge on any atom is -0.504 e. The molecule has 7 rings (SSSR count). The SMILES string of the molecule is COc1cc([C@H]2C3=CC[C@@H]4C(=O)N(Cc5ccccc5)C(=O)[C@@H]4[C@@H]3C[C@H]3C(=O)N(c4ccc(F)c(Cl)c4)C(=O)[C@@]23C)cc(I)c1O. The molecule has 0 aromatic heterocycles. The fraction of sp³-hybridized carbons (Fsp3) is 0.314. The first-order valence-corrected chi connectivity index (χ1v) is 16.4. The van der Waals surface area contributed by atoms with Gasteiger partial charge in [-0.3, -0.25) is 24.1 Å². The van der Waals surface area contributed by atoms with Gasteiger partial charge in [-0.25, -0.2) is 9.29 Å². The number of hydrogen-bond donors (Lipinski definition) is 1. The number of rotatable bonds is 5. The quantitative estimate of drug-likeness (QED) is 0.188. The number of phenols is 1. The van der Waals surface area contributed by atoms with E-state index in [1.165, 1.54) is 24.1 Å². The third-order valence-corrected chi connectivity index (χ3v) is 11.4. The summed E-state index contributed by atoms with van der Waals surface area (Å²) in [5.74, 6) is -5.32. The molecule has 0 radical (unpaired) electrons. The number of hydrogen-bond acceptors (Lipinski definition) is 6. The molecule has 236 valence electrons. The van der Waals surface area contributed by atoms with Crippen molar-refractivity contribution < 1.29 is 33.4 Å². The molecule has 3 aromatic rings. The van der Waals surface area contributed by atoms with Crippen molar-refractivity contribution in [3.63, 3.8) is 0 Å². The Labute approximate surface area is 283 Å². The fourth-order valence-corrected chi connectivity index (χ4v) is 8.97. The molecule has 1 N–H and O–H groups in total. The van der Waals surface area contributed by atoms with Gasteiger partial charge in [-0.2, -0.15) is 0 Å². The largest absolute Gasteiger partial charge is 0.504 e. The van der Waals surface area contributed by atoms with Gasteiger partial charge >= 0.3 is 0 Å². The molecule has 3 fully saturated rings. The van der Waals surface area contributed by atoms with Crippen molar-refractivity contribution >= 4 is 63.5 Å². The van der Waals surface area contributed by atoms with Gasteiger partial charge < -0.3 is 9.84 Å². The second-order valence-corrected chi connectivity index (χ2v) is 14.1. The summed E-state index contributed by atoms with van der Waals surface area (Å²) in [5.41, 5.74) is 1.13. The smallest absolute Gasteiger partial charge is 0.241 e. The van der Waals surface area contributed by atoms with E-state index >= 15 is 0 Å². The molecule has 2 heterocycles. The third kappa shape index (κ3) is 4.43. The minimum atomic E-state index is -1.31. The molecule has 11 heteroatoms. The molecule has 2 saturated heterocycles. The van der Waals surface area contributed by atoms with Crippen molar-refractivity contribution in [1.82, 2.24) is 4.90 Å². The van der Waals surface area contributed by atoms with Crippen molar-refractivity contribution in [2.45, 2.75) is 32.2 Å². The van der Waals surface area contributed by atoms with Crippen LogP contribution in [0, 0.1) is 38.5 Å². The number of benzene rings is 3. The third-order valence-electron chi connectivity index (χ3n) is 10.3. The van der Waals surface area contributed by atoms with E-state index in [-0.39, 0.29) is 47.0 Å². The number of carbonyl (C=O) groups excluding carboxylic acids is 4. The van der Waals surface area contributed by atoms with E-state index in [1.54, 1.807) is 19.1 Å². The van der Waals surface area contributed by atoms with Crippen molar-refractivity contribution in [2.24, 2.45) is 29.1 Å². The van der Waals surface area contributed by atoms with E-state index in [2.05, 4.69) is 0 Å². The average molecular weight is 755 g/mol. The fourth-order valence-electron chi connectivity index (χ4n) is 8.17. The number of methoxy groups -OCH3 is 1. The molecule has 0 spiro atoms. The van der Waals surface area contributed by atoms with E-state index in [4.69, 9.17) is 16.3 Å². The van der Waals surface area contributed by atoms with Gasteiger partial charge in [0.2, 0.25) is 23.6 Å². The summed E-state index contributed by atoms with van der Waals surface area (Å²) in [5, 5.41) is 10.4. The van der Waals surface area contributed by atoms with E-state index in [9.17, 15) is 28.7 Å². The maximum Gasteiger partial charge on any atom is 0.241 e. The molecular weight excluding hydrogens is 726 g/mol. The highest BCUT2D eigenvalue weighted by molar-refractivity contribution is 14.1. The predicted molar refractivity (Wildman–Crippen MR) is 175 cm³/mol. The van der Waals surface area contributed by atoms with E-state index in [0.29, 0.717) is 15.6 Å². The Morgan fingerprint density at radius 2 is 1.76 bits per heavy atom. The van der Waals surface area contributed by atoms with Gasteiger partial charge in [0, 0.05) is 5.92 Å². The molecule has 2 aliphatic carbocycles. The van der Waals surface area contributed by atoms with Gasteiger partial charge in [-0.05, 0) is 89.7 Å². The topological polar surface area (TPSA) is 104 Å². The average Bonchev–Trinajstić information content (AvgIpc) is 3.39. The zero-order valence-electron chi connectivity index (χ0n) is 24.9. The number of phenolic OH excluding ortho intramolecular Hbond substituents is 1. The van der Waals surface area contributed by atoms with E-state index in [0.717, 1.165) is 22.1 Å². The molecular formula is C35H29ClFIN2O6. The van der Waals surface area contributed by atoms with E-state index < -0.39 is 52.6 Å². The number of halogens is 3. The van der Waals surface area contributed by atoms with Gasteiger partial charge in [0.05, 0.1) is 51.1 Å². The lowest BCUT2D eigenvalue weighted by Gasteiger charge is -2.49. The van der Waals surface area contributed by atoms with Gasteiger partial charge in [0.15, 0.2) is 11.5 Å². The molecule has 0 bridgehead atoms. The summed E-state index contributed by atoms with van der Waals surface area (Å²) >= 11 is 8.07. The van der Waals surface area contributed by atoms with Crippen LogP contribution in [-0.4, -0.2) is 40.7 Å². The summed E-state index contributed by atoms with van der Waals surface area (Å²) in [7, 11) is 1.43. The van der Waals surface area contributed by atoms with Crippen LogP contribution in [-0.2, 0) is 25.7 Å². The highest BCUT2D eigenvalue weighted by atomic mass is 127. The van der Waals surface area contributed by atoms with Crippen LogP contribution in [0.25, 0.3) is 0 Å². The normalized spacial score (nSPS) is 28.6. The van der Waals surface area contributed by atoms with Crippen LogP contribution in [0.5, 0.6) is 11.5 Å². The molecule has 0 unspecified atom stereocenters. The molecule has 1 saturated carbocycles.